The molecular weight excluding hydrogens is 268 g/mol. The number of nitrogens with one attached hydrogen (secondary N) is 1. The predicted molar refractivity (Wildman–Crippen MR) is 91.3 cm³/mol. The Morgan fingerprint density at radius 2 is 1.65 bits per heavy atom. The summed E-state index contributed by atoms with van der Waals surface area (Å²) in [6.45, 7) is 14.8. The second-order valence-electron chi connectivity index (χ2n) is 8.30. The van der Waals surface area contributed by atoms with E-state index < -0.39 is 0 Å². The van der Waals surface area contributed by atoms with Crippen molar-refractivity contribution in [1.29, 1.82) is 0 Å². The standard InChI is InChI=1S/C16H34N2OS/c1-15(2,3)11-17-14(19)9-13(10-18(7)8)20-12-16(4,5)6/h13H,9-12H2,1-8H3,(H,17,19). The lowest BCUT2D eigenvalue weighted by molar-refractivity contribution is -0.121. The minimum absolute atomic E-state index is 0.144. The summed E-state index contributed by atoms with van der Waals surface area (Å²) < 4.78 is 0. The Hall–Kier alpha value is -0.220. The van der Waals surface area contributed by atoms with Gasteiger partial charge in [-0.2, -0.15) is 11.8 Å². The zero-order valence-electron chi connectivity index (χ0n) is 14.7. The van der Waals surface area contributed by atoms with E-state index in [1.54, 1.807) is 0 Å². The molecule has 0 heterocycles. The summed E-state index contributed by atoms with van der Waals surface area (Å²) in [5.74, 6) is 1.26. The second kappa shape index (κ2) is 8.28. The molecule has 1 amide bonds. The Balaban J connectivity index is 4.31. The lowest BCUT2D eigenvalue weighted by Crippen LogP contribution is -2.36. The van der Waals surface area contributed by atoms with Crippen LogP contribution in [0.15, 0.2) is 0 Å². The number of thioether (sulfide) groups is 1. The van der Waals surface area contributed by atoms with Gasteiger partial charge in [-0.05, 0) is 30.7 Å². The Morgan fingerprint density at radius 3 is 2.05 bits per heavy atom. The first-order valence-corrected chi connectivity index (χ1v) is 8.47. The first-order valence-electron chi connectivity index (χ1n) is 7.42. The van der Waals surface area contributed by atoms with Crippen LogP contribution in [-0.4, -0.2) is 49.0 Å². The SMILES string of the molecule is CN(C)CC(CC(=O)NCC(C)(C)C)SCC(C)(C)C. The van der Waals surface area contributed by atoms with Crippen LogP contribution in [0.4, 0.5) is 0 Å². The molecule has 0 aromatic carbocycles. The first kappa shape index (κ1) is 19.8. The van der Waals surface area contributed by atoms with Crippen LogP contribution < -0.4 is 5.32 Å². The Labute approximate surface area is 130 Å². The van der Waals surface area contributed by atoms with Crippen molar-refractivity contribution in [3.05, 3.63) is 0 Å². The van der Waals surface area contributed by atoms with Gasteiger partial charge < -0.3 is 10.2 Å². The minimum Gasteiger partial charge on any atom is -0.356 e. The molecule has 0 saturated heterocycles. The highest BCUT2D eigenvalue weighted by atomic mass is 32.2. The van der Waals surface area contributed by atoms with Crippen molar-refractivity contribution in [1.82, 2.24) is 10.2 Å². The van der Waals surface area contributed by atoms with Crippen LogP contribution >= 0.6 is 11.8 Å². The molecule has 0 fully saturated rings. The summed E-state index contributed by atoms with van der Waals surface area (Å²) in [6.07, 6.45) is 0.606. The van der Waals surface area contributed by atoms with Gasteiger partial charge in [-0.1, -0.05) is 41.5 Å². The third kappa shape index (κ3) is 12.8. The molecule has 1 atom stereocenters. The van der Waals surface area contributed by atoms with Crippen LogP contribution in [0, 0.1) is 10.8 Å². The Bertz CT molecular complexity index is 290. The van der Waals surface area contributed by atoms with Crippen molar-refractivity contribution in [2.75, 3.05) is 32.9 Å². The molecular formula is C16H34N2OS. The largest absolute Gasteiger partial charge is 0.356 e. The minimum atomic E-state index is 0.144. The van der Waals surface area contributed by atoms with Crippen LogP contribution in [0.2, 0.25) is 0 Å². The van der Waals surface area contributed by atoms with Gasteiger partial charge in [0.25, 0.3) is 0 Å². The van der Waals surface area contributed by atoms with Gasteiger partial charge in [-0.3, -0.25) is 4.79 Å². The van der Waals surface area contributed by atoms with E-state index in [-0.39, 0.29) is 11.3 Å². The van der Waals surface area contributed by atoms with Crippen molar-refractivity contribution >= 4 is 17.7 Å². The summed E-state index contributed by atoms with van der Waals surface area (Å²) in [5.41, 5.74) is 0.447. The van der Waals surface area contributed by atoms with E-state index in [2.05, 4.69) is 65.9 Å². The van der Waals surface area contributed by atoms with Crippen molar-refractivity contribution in [2.24, 2.45) is 10.8 Å². The number of amides is 1. The summed E-state index contributed by atoms with van der Waals surface area (Å²) in [4.78, 5) is 14.2. The van der Waals surface area contributed by atoms with Crippen molar-refractivity contribution in [3.63, 3.8) is 0 Å². The monoisotopic (exact) mass is 302 g/mol. The summed E-state index contributed by atoms with van der Waals surface area (Å²) in [5, 5.41) is 3.42. The van der Waals surface area contributed by atoms with Gasteiger partial charge in [0.2, 0.25) is 5.91 Å². The van der Waals surface area contributed by atoms with Gasteiger partial charge in [-0.15, -0.1) is 0 Å². The Morgan fingerprint density at radius 1 is 1.10 bits per heavy atom. The third-order valence-corrected chi connectivity index (χ3v) is 4.37. The number of hydrogen-bond acceptors (Lipinski definition) is 3. The van der Waals surface area contributed by atoms with E-state index in [0.717, 1.165) is 18.8 Å². The molecule has 0 radical (unpaired) electrons. The van der Waals surface area contributed by atoms with Crippen molar-refractivity contribution in [2.45, 2.75) is 53.2 Å². The fourth-order valence-electron chi connectivity index (χ4n) is 1.59. The van der Waals surface area contributed by atoms with Crippen LogP contribution in [-0.2, 0) is 4.79 Å². The van der Waals surface area contributed by atoms with E-state index in [1.165, 1.54) is 0 Å². The molecule has 0 aromatic heterocycles. The summed E-state index contributed by atoms with van der Waals surface area (Å²) in [6, 6.07) is 0. The van der Waals surface area contributed by atoms with Gasteiger partial charge in [0.1, 0.15) is 0 Å². The van der Waals surface area contributed by atoms with Gasteiger partial charge in [0.05, 0.1) is 0 Å². The third-order valence-electron chi connectivity index (χ3n) is 2.55. The van der Waals surface area contributed by atoms with Gasteiger partial charge in [0, 0.05) is 24.8 Å². The van der Waals surface area contributed by atoms with Crippen LogP contribution in [0.3, 0.4) is 0 Å². The summed E-state index contributed by atoms with van der Waals surface area (Å²) >= 11 is 1.92. The van der Waals surface area contributed by atoms with Gasteiger partial charge >= 0.3 is 0 Å². The maximum absolute atomic E-state index is 12.1. The first-order chi connectivity index (χ1) is 8.89. The highest BCUT2D eigenvalue weighted by Crippen LogP contribution is 2.25. The molecule has 120 valence electrons. The lowest BCUT2D eigenvalue weighted by Gasteiger charge is -2.25. The number of carbonyl (C=O) groups is 1. The van der Waals surface area contributed by atoms with E-state index in [9.17, 15) is 4.79 Å². The van der Waals surface area contributed by atoms with Crippen LogP contribution in [0.1, 0.15) is 48.0 Å². The molecule has 3 nitrogen and oxygen atoms in total. The lowest BCUT2D eigenvalue weighted by atomic mass is 9.97. The molecule has 0 aliphatic heterocycles. The molecule has 0 aliphatic rings. The second-order valence-corrected chi connectivity index (χ2v) is 9.59. The molecule has 1 unspecified atom stereocenters. The Kier molecular flexibility index (Phi) is 8.19. The topological polar surface area (TPSA) is 32.3 Å². The van der Waals surface area contributed by atoms with Crippen molar-refractivity contribution in [3.8, 4) is 0 Å². The molecule has 4 heteroatoms. The molecule has 20 heavy (non-hydrogen) atoms. The molecule has 0 bridgehead atoms. The quantitative estimate of drug-likeness (QED) is 0.783. The zero-order chi connectivity index (χ0) is 16.0. The normalized spacial score (nSPS) is 14.4. The maximum atomic E-state index is 12.1. The van der Waals surface area contributed by atoms with Gasteiger partial charge in [-0.25, -0.2) is 0 Å². The molecule has 0 aromatic rings. The average Bonchev–Trinajstić information content (AvgIpc) is 2.20. The van der Waals surface area contributed by atoms with E-state index >= 15 is 0 Å². The molecule has 0 aliphatic carbocycles. The van der Waals surface area contributed by atoms with Gasteiger partial charge in [0.15, 0.2) is 0 Å². The highest BCUT2D eigenvalue weighted by Gasteiger charge is 2.20. The number of carbonyl (C=O) groups excluding carboxylic acids is 1. The van der Waals surface area contributed by atoms with E-state index in [4.69, 9.17) is 0 Å². The molecule has 0 spiro atoms. The fraction of sp³-hybridized carbons (Fsp3) is 0.938. The van der Waals surface area contributed by atoms with Crippen LogP contribution in [0.25, 0.3) is 0 Å². The number of hydrogen-bond donors (Lipinski definition) is 1. The molecule has 0 rings (SSSR count). The fourth-order valence-corrected chi connectivity index (χ4v) is 3.00. The molecule has 1 N–H and O–H groups in total. The molecule has 0 saturated carbocycles. The summed E-state index contributed by atoms with van der Waals surface area (Å²) in [7, 11) is 4.13. The highest BCUT2D eigenvalue weighted by molar-refractivity contribution is 8.00. The zero-order valence-corrected chi connectivity index (χ0v) is 15.5. The smallest absolute Gasteiger partial charge is 0.221 e. The number of rotatable bonds is 7. The maximum Gasteiger partial charge on any atom is 0.221 e. The van der Waals surface area contributed by atoms with Crippen LogP contribution in [0.5, 0.6) is 0 Å². The van der Waals surface area contributed by atoms with E-state index in [0.29, 0.717) is 17.1 Å². The van der Waals surface area contributed by atoms with Crippen molar-refractivity contribution < 1.29 is 4.79 Å². The number of nitrogens with zero attached hydrogens (tertiary/aromatic N) is 1. The predicted octanol–water partition coefficient (Wildman–Crippen LogP) is 3.25. The average molecular weight is 303 g/mol. The van der Waals surface area contributed by atoms with E-state index in [1.807, 2.05) is 11.8 Å².